The smallest absolute Gasteiger partial charge is 0.0734 e. The molecule has 0 aliphatic carbocycles. The van der Waals surface area contributed by atoms with Crippen LogP contribution in [0, 0.1) is 0 Å². The van der Waals surface area contributed by atoms with E-state index < -0.39 is 0 Å². The fourth-order valence-corrected chi connectivity index (χ4v) is 1.61. The van der Waals surface area contributed by atoms with Crippen molar-refractivity contribution in [2.24, 2.45) is 5.73 Å². The molecule has 0 amide bonds. The Kier molecular flexibility index (Phi) is 2.15. The first-order chi connectivity index (χ1) is 5.90. The standard InChI is InChI=1S/C9H14N2O/c10-3-1-8-5-7-6-12-4-2-9(7)11-8/h5,11H,1-4,6,10H2. The van der Waals surface area contributed by atoms with E-state index in [1.165, 1.54) is 17.0 Å². The number of rotatable bonds is 2. The van der Waals surface area contributed by atoms with Gasteiger partial charge in [0.2, 0.25) is 0 Å². The molecule has 66 valence electrons. The maximum atomic E-state index is 5.47. The van der Waals surface area contributed by atoms with Crippen molar-refractivity contribution in [3.05, 3.63) is 23.0 Å². The highest BCUT2D eigenvalue weighted by Crippen LogP contribution is 2.17. The molecular formula is C9H14N2O. The van der Waals surface area contributed by atoms with Crippen molar-refractivity contribution in [2.45, 2.75) is 19.4 Å². The summed E-state index contributed by atoms with van der Waals surface area (Å²) in [4.78, 5) is 3.37. The molecule has 0 saturated heterocycles. The monoisotopic (exact) mass is 166 g/mol. The van der Waals surface area contributed by atoms with Crippen LogP contribution in [0.1, 0.15) is 17.0 Å². The average molecular weight is 166 g/mol. The van der Waals surface area contributed by atoms with Crippen molar-refractivity contribution >= 4 is 0 Å². The van der Waals surface area contributed by atoms with Gasteiger partial charge in [-0.25, -0.2) is 0 Å². The number of ether oxygens (including phenoxy) is 1. The van der Waals surface area contributed by atoms with Gasteiger partial charge in [-0.05, 0) is 24.6 Å². The Balaban J connectivity index is 2.20. The van der Waals surface area contributed by atoms with Gasteiger partial charge in [-0.3, -0.25) is 0 Å². The minimum Gasteiger partial charge on any atom is -0.376 e. The molecule has 0 atom stereocenters. The van der Waals surface area contributed by atoms with E-state index in [1.807, 2.05) is 0 Å². The van der Waals surface area contributed by atoms with Gasteiger partial charge in [-0.2, -0.15) is 0 Å². The molecule has 2 heterocycles. The summed E-state index contributed by atoms with van der Waals surface area (Å²) >= 11 is 0. The van der Waals surface area contributed by atoms with Crippen LogP contribution in [-0.4, -0.2) is 18.1 Å². The third kappa shape index (κ3) is 1.38. The van der Waals surface area contributed by atoms with Gasteiger partial charge in [0.25, 0.3) is 0 Å². The molecule has 0 radical (unpaired) electrons. The molecule has 0 aromatic carbocycles. The quantitative estimate of drug-likeness (QED) is 0.675. The van der Waals surface area contributed by atoms with Crippen LogP contribution in [-0.2, 0) is 24.2 Å². The Labute approximate surface area is 71.9 Å². The van der Waals surface area contributed by atoms with E-state index in [0.717, 1.165) is 26.1 Å². The van der Waals surface area contributed by atoms with Crippen molar-refractivity contribution in [3.63, 3.8) is 0 Å². The molecule has 0 bridgehead atoms. The Morgan fingerprint density at radius 2 is 2.50 bits per heavy atom. The van der Waals surface area contributed by atoms with E-state index in [2.05, 4.69) is 11.1 Å². The molecule has 3 heteroatoms. The molecule has 1 aromatic rings. The molecular weight excluding hydrogens is 152 g/mol. The fourth-order valence-electron chi connectivity index (χ4n) is 1.61. The topological polar surface area (TPSA) is 51.0 Å². The van der Waals surface area contributed by atoms with Gasteiger partial charge >= 0.3 is 0 Å². The number of fused-ring (bicyclic) bond motifs is 1. The number of hydrogen-bond acceptors (Lipinski definition) is 2. The van der Waals surface area contributed by atoms with Crippen LogP contribution in [0.15, 0.2) is 6.07 Å². The van der Waals surface area contributed by atoms with Gasteiger partial charge in [-0.15, -0.1) is 0 Å². The minimum absolute atomic E-state index is 0.709. The summed E-state index contributed by atoms with van der Waals surface area (Å²) in [5.41, 5.74) is 9.36. The molecule has 12 heavy (non-hydrogen) atoms. The summed E-state index contributed by atoms with van der Waals surface area (Å²) in [5.74, 6) is 0. The molecule has 1 aliphatic heterocycles. The second-order valence-electron chi connectivity index (χ2n) is 3.14. The average Bonchev–Trinajstić information content (AvgIpc) is 2.47. The van der Waals surface area contributed by atoms with Crippen molar-refractivity contribution < 1.29 is 4.74 Å². The maximum absolute atomic E-state index is 5.47. The van der Waals surface area contributed by atoms with Gasteiger partial charge in [-0.1, -0.05) is 0 Å². The number of aromatic amines is 1. The summed E-state index contributed by atoms with van der Waals surface area (Å²) in [6.07, 6.45) is 1.95. The van der Waals surface area contributed by atoms with Crippen molar-refractivity contribution in [3.8, 4) is 0 Å². The van der Waals surface area contributed by atoms with Crippen LogP contribution in [0.4, 0.5) is 0 Å². The molecule has 0 spiro atoms. The van der Waals surface area contributed by atoms with E-state index in [1.54, 1.807) is 0 Å². The van der Waals surface area contributed by atoms with Crippen molar-refractivity contribution in [2.75, 3.05) is 13.2 Å². The highest BCUT2D eigenvalue weighted by atomic mass is 16.5. The van der Waals surface area contributed by atoms with Crippen molar-refractivity contribution in [1.82, 2.24) is 4.98 Å². The van der Waals surface area contributed by atoms with Crippen LogP contribution in [0.5, 0.6) is 0 Å². The van der Waals surface area contributed by atoms with Crippen molar-refractivity contribution in [1.29, 1.82) is 0 Å². The lowest BCUT2D eigenvalue weighted by molar-refractivity contribution is 0.110. The van der Waals surface area contributed by atoms with E-state index in [4.69, 9.17) is 10.5 Å². The lowest BCUT2D eigenvalue weighted by Crippen LogP contribution is -2.08. The zero-order chi connectivity index (χ0) is 8.39. The van der Waals surface area contributed by atoms with E-state index in [0.29, 0.717) is 6.54 Å². The number of hydrogen-bond donors (Lipinski definition) is 2. The van der Waals surface area contributed by atoms with E-state index in [-0.39, 0.29) is 0 Å². The zero-order valence-corrected chi connectivity index (χ0v) is 7.10. The Morgan fingerprint density at radius 3 is 3.25 bits per heavy atom. The Bertz CT molecular complexity index is 244. The number of aromatic nitrogens is 1. The predicted octanol–water partition coefficient (Wildman–Crippen LogP) is 0.589. The Hall–Kier alpha value is -0.800. The van der Waals surface area contributed by atoms with Gasteiger partial charge in [0, 0.05) is 17.8 Å². The first kappa shape index (κ1) is 7.83. The van der Waals surface area contributed by atoms with Crippen LogP contribution in [0.2, 0.25) is 0 Å². The molecule has 3 nitrogen and oxygen atoms in total. The molecule has 2 rings (SSSR count). The lowest BCUT2D eigenvalue weighted by Gasteiger charge is -2.10. The number of H-pyrrole nitrogens is 1. The highest BCUT2D eigenvalue weighted by Gasteiger charge is 2.11. The van der Waals surface area contributed by atoms with Crippen LogP contribution in [0.3, 0.4) is 0 Å². The Morgan fingerprint density at radius 1 is 1.58 bits per heavy atom. The first-order valence-electron chi connectivity index (χ1n) is 4.37. The molecule has 3 N–H and O–H groups in total. The van der Waals surface area contributed by atoms with Crippen LogP contribution in [0.25, 0.3) is 0 Å². The summed E-state index contributed by atoms with van der Waals surface area (Å²) < 4.78 is 5.34. The van der Waals surface area contributed by atoms with E-state index in [9.17, 15) is 0 Å². The van der Waals surface area contributed by atoms with Gasteiger partial charge < -0.3 is 15.5 Å². The first-order valence-corrected chi connectivity index (χ1v) is 4.37. The third-order valence-corrected chi connectivity index (χ3v) is 2.22. The summed E-state index contributed by atoms with van der Waals surface area (Å²) in [6, 6.07) is 2.17. The summed E-state index contributed by atoms with van der Waals surface area (Å²) in [6.45, 7) is 2.31. The molecule has 0 fully saturated rings. The summed E-state index contributed by atoms with van der Waals surface area (Å²) in [7, 11) is 0. The second kappa shape index (κ2) is 3.29. The number of nitrogens with one attached hydrogen (secondary N) is 1. The second-order valence-corrected chi connectivity index (χ2v) is 3.14. The SMILES string of the molecule is NCCc1cc2c([nH]1)CCOC2. The van der Waals surface area contributed by atoms with Crippen LogP contribution >= 0.6 is 0 Å². The molecule has 1 aliphatic rings. The fraction of sp³-hybridized carbons (Fsp3) is 0.556. The maximum Gasteiger partial charge on any atom is 0.0734 e. The largest absolute Gasteiger partial charge is 0.376 e. The molecule has 1 aromatic heterocycles. The number of nitrogens with two attached hydrogens (primary N) is 1. The molecule has 0 unspecified atom stereocenters. The normalized spacial score (nSPS) is 16.1. The predicted molar refractivity (Wildman–Crippen MR) is 46.9 cm³/mol. The molecule has 0 saturated carbocycles. The zero-order valence-electron chi connectivity index (χ0n) is 7.10. The third-order valence-electron chi connectivity index (χ3n) is 2.22. The van der Waals surface area contributed by atoms with E-state index >= 15 is 0 Å². The van der Waals surface area contributed by atoms with Crippen LogP contribution < -0.4 is 5.73 Å². The van der Waals surface area contributed by atoms with Gasteiger partial charge in [0.05, 0.1) is 13.2 Å². The van der Waals surface area contributed by atoms with Gasteiger partial charge in [0.1, 0.15) is 0 Å². The highest BCUT2D eigenvalue weighted by molar-refractivity contribution is 5.27. The summed E-state index contributed by atoms with van der Waals surface area (Å²) in [5, 5.41) is 0. The van der Waals surface area contributed by atoms with Gasteiger partial charge in [0.15, 0.2) is 0 Å². The lowest BCUT2D eigenvalue weighted by atomic mass is 10.1. The minimum atomic E-state index is 0.709.